The Kier molecular flexibility index (Phi) is 4.23. The van der Waals surface area contributed by atoms with Crippen LogP contribution in [0.2, 0.25) is 0 Å². The van der Waals surface area contributed by atoms with E-state index in [0.29, 0.717) is 12.8 Å². The van der Waals surface area contributed by atoms with Crippen LogP contribution in [0.4, 0.5) is 0 Å². The van der Waals surface area contributed by atoms with Crippen LogP contribution in [0.15, 0.2) is 18.2 Å². The second-order valence-electron chi connectivity index (χ2n) is 5.63. The van der Waals surface area contributed by atoms with Crippen LogP contribution in [0, 0.1) is 13.8 Å². The summed E-state index contributed by atoms with van der Waals surface area (Å²) >= 11 is 0. The van der Waals surface area contributed by atoms with E-state index in [4.69, 9.17) is 0 Å². The number of benzene rings is 1. The standard InChI is InChI=1S/C16H22N2O2/c1-10-5-6-11(2)13(9-10)12(3)17-14-7-8-15(19)18(4)16(14)20/h5-6,9,12,14,17H,7-8H2,1-4H3. The van der Waals surface area contributed by atoms with Gasteiger partial charge in [-0.1, -0.05) is 23.8 Å². The van der Waals surface area contributed by atoms with E-state index in [9.17, 15) is 9.59 Å². The molecule has 2 rings (SSSR count). The normalized spacial score (nSPS) is 21.2. The summed E-state index contributed by atoms with van der Waals surface area (Å²) < 4.78 is 0. The zero-order chi connectivity index (χ0) is 14.9. The summed E-state index contributed by atoms with van der Waals surface area (Å²) in [4.78, 5) is 24.8. The number of hydrogen-bond donors (Lipinski definition) is 1. The van der Waals surface area contributed by atoms with Crippen LogP contribution in [0.1, 0.15) is 42.5 Å². The molecular formula is C16H22N2O2. The van der Waals surface area contributed by atoms with Gasteiger partial charge < -0.3 is 0 Å². The van der Waals surface area contributed by atoms with Crippen LogP contribution in [0.5, 0.6) is 0 Å². The van der Waals surface area contributed by atoms with Crippen molar-refractivity contribution in [3.63, 3.8) is 0 Å². The molecule has 0 aliphatic carbocycles. The van der Waals surface area contributed by atoms with E-state index in [1.165, 1.54) is 21.6 Å². The number of likely N-dealkylation sites (tertiary alicyclic amines) is 1. The van der Waals surface area contributed by atoms with E-state index < -0.39 is 0 Å². The molecule has 0 spiro atoms. The molecule has 4 heteroatoms. The smallest absolute Gasteiger partial charge is 0.246 e. The molecule has 2 amide bonds. The van der Waals surface area contributed by atoms with Crippen LogP contribution < -0.4 is 5.32 Å². The Morgan fingerprint density at radius 3 is 2.70 bits per heavy atom. The number of carbonyl (C=O) groups excluding carboxylic acids is 2. The Labute approximate surface area is 120 Å². The number of amides is 2. The van der Waals surface area contributed by atoms with Crippen LogP contribution in [-0.2, 0) is 9.59 Å². The predicted octanol–water partition coefficient (Wildman–Crippen LogP) is 2.10. The molecule has 2 unspecified atom stereocenters. The molecule has 1 N–H and O–H groups in total. The summed E-state index contributed by atoms with van der Waals surface area (Å²) in [7, 11) is 1.56. The van der Waals surface area contributed by atoms with Crippen LogP contribution >= 0.6 is 0 Å². The molecule has 2 atom stereocenters. The van der Waals surface area contributed by atoms with Gasteiger partial charge in [0.05, 0.1) is 6.04 Å². The first-order valence-corrected chi connectivity index (χ1v) is 7.03. The lowest BCUT2D eigenvalue weighted by Crippen LogP contribution is -2.51. The summed E-state index contributed by atoms with van der Waals surface area (Å²) in [6.07, 6.45) is 1.01. The first-order valence-electron chi connectivity index (χ1n) is 7.03. The van der Waals surface area contributed by atoms with Crippen molar-refractivity contribution in [2.24, 2.45) is 0 Å². The fourth-order valence-electron chi connectivity index (χ4n) is 2.69. The number of piperidine rings is 1. The Hall–Kier alpha value is -1.68. The van der Waals surface area contributed by atoms with Crippen molar-refractivity contribution >= 4 is 11.8 Å². The fraction of sp³-hybridized carbons (Fsp3) is 0.500. The van der Waals surface area contributed by atoms with E-state index in [-0.39, 0.29) is 23.9 Å². The maximum absolute atomic E-state index is 12.1. The number of imide groups is 1. The monoisotopic (exact) mass is 274 g/mol. The maximum atomic E-state index is 12.1. The van der Waals surface area contributed by atoms with Gasteiger partial charge in [0, 0.05) is 19.5 Å². The zero-order valence-corrected chi connectivity index (χ0v) is 12.6. The topological polar surface area (TPSA) is 49.4 Å². The third-order valence-electron chi connectivity index (χ3n) is 4.00. The molecule has 20 heavy (non-hydrogen) atoms. The lowest BCUT2D eigenvalue weighted by molar-refractivity contribution is -0.148. The van der Waals surface area contributed by atoms with Crippen molar-refractivity contribution in [2.45, 2.75) is 45.7 Å². The van der Waals surface area contributed by atoms with Gasteiger partial charge in [-0.3, -0.25) is 19.8 Å². The van der Waals surface area contributed by atoms with Crippen molar-refractivity contribution in [3.8, 4) is 0 Å². The lowest BCUT2D eigenvalue weighted by atomic mass is 9.97. The zero-order valence-electron chi connectivity index (χ0n) is 12.6. The average Bonchev–Trinajstić information content (AvgIpc) is 2.42. The highest BCUT2D eigenvalue weighted by Gasteiger charge is 2.32. The van der Waals surface area contributed by atoms with Crippen molar-refractivity contribution in [3.05, 3.63) is 34.9 Å². The summed E-state index contributed by atoms with van der Waals surface area (Å²) in [5.41, 5.74) is 3.63. The van der Waals surface area contributed by atoms with Gasteiger partial charge in [0.1, 0.15) is 0 Å². The molecule has 1 heterocycles. The molecule has 1 saturated heterocycles. The Bertz CT molecular complexity index is 539. The van der Waals surface area contributed by atoms with Crippen LogP contribution in [0.25, 0.3) is 0 Å². The third-order valence-corrected chi connectivity index (χ3v) is 4.00. The molecule has 108 valence electrons. The van der Waals surface area contributed by atoms with Gasteiger partial charge in [0.2, 0.25) is 11.8 Å². The number of rotatable bonds is 3. The molecule has 0 radical (unpaired) electrons. The first-order chi connectivity index (χ1) is 9.40. The second kappa shape index (κ2) is 5.75. The van der Waals surface area contributed by atoms with E-state index in [1.807, 2.05) is 0 Å². The number of carbonyl (C=O) groups is 2. The van der Waals surface area contributed by atoms with Crippen molar-refractivity contribution in [1.82, 2.24) is 10.2 Å². The Balaban J connectivity index is 2.11. The first kappa shape index (κ1) is 14.7. The molecule has 1 aromatic carbocycles. The highest BCUT2D eigenvalue weighted by Crippen LogP contribution is 2.21. The third kappa shape index (κ3) is 2.90. The quantitative estimate of drug-likeness (QED) is 0.859. The SMILES string of the molecule is Cc1ccc(C)c(C(C)NC2CCC(=O)N(C)C2=O)c1. The molecule has 1 aromatic rings. The maximum Gasteiger partial charge on any atom is 0.246 e. The number of nitrogens with zero attached hydrogens (tertiary/aromatic N) is 1. The molecule has 0 bridgehead atoms. The second-order valence-corrected chi connectivity index (χ2v) is 5.63. The molecule has 0 aromatic heterocycles. The minimum Gasteiger partial charge on any atom is -0.299 e. The number of aryl methyl sites for hydroxylation is 2. The van der Waals surface area contributed by atoms with Crippen molar-refractivity contribution < 1.29 is 9.59 Å². The Morgan fingerprint density at radius 2 is 2.00 bits per heavy atom. The summed E-state index contributed by atoms with van der Waals surface area (Å²) in [5.74, 6) is -0.217. The molecule has 4 nitrogen and oxygen atoms in total. The van der Waals surface area contributed by atoms with Gasteiger partial charge in [-0.05, 0) is 38.3 Å². The molecule has 1 aliphatic heterocycles. The van der Waals surface area contributed by atoms with Gasteiger partial charge in [0.25, 0.3) is 0 Å². The average molecular weight is 274 g/mol. The minimum absolute atomic E-state index is 0.0884. The predicted molar refractivity (Wildman–Crippen MR) is 78.3 cm³/mol. The van der Waals surface area contributed by atoms with Crippen LogP contribution in [-0.4, -0.2) is 29.8 Å². The highest BCUT2D eigenvalue weighted by atomic mass is 16.2. The van der Waals surface area contributed by atoms with Gasteiger partial charge in [0.15, 0.2) is 0 Å². The molecule has 0 saturated carbocycles. The number of hydrogen-bond acceptors (Lipinski definition) is 3. The highest BCUT2D eigenvalue weighted by molar-refractivity contribution is 6.00. The van der Waals surface area contributed by atoms with Gasteiger partial charge in [-0.15, -0.1) is 0 Å². The molecular weight excluding hydrogens is 252 g/mol. The van der Waals surface area contributed by atoms with Gasteiger partial charge >= 0.3 is 0 Å². The summed E-state index contributed by atoms with van der Waals surface area (Å²) in [6, 6.07) is 6.15. The fourth-order valence-corrected chi connectivity index (χ4v) is 2.69. The molecule has 1 aliphatic rings. The number of likely N-dealkylation sites (N-methyl/N-ethyl adjacent to an activating group) is 1. The summed E-state index contributed by atoms with van der Waals surface area (Å²) in [6.45, 7) is 6.20. The van der Waals surface area contributed by atoms with E-state index in [0.717, 1.165) is 0 Å². The van der Waals surface area contributed by atoms with Crippen molar-refractivity contribution in [2.75, 3.05) is 7.05 Å². The van der Waals surface area contributed by atoms with E-state index >= 15 is 0 Å². The largest absolute Gasteiger partial charge is 0.299 e. The van der Waals surface area contributed by atoms with Gasteiger partial charge in [-0.25, -0.2) is 0 Å². The molecule has 1 fully saturated rings. The van der Waals surface area contributed by atoms with Crippen molar-refractivity contribution in [1.29, 1.82) is 0 Å². The van der Waals surface area contributed by atoms with E-state index in [2.05, 4.69) is 44.3 Å². The Morgan fingerprint density at radius 1 is 1.30 bits per heavy atom. The summed E-state index contributed by atoms with van der Waals surface area (Å²) in [5, 5.41) is 3.36. The van der Waals surface area contributed by atoms with Crippen LogP contribution in [0.3, 0.4) is 0 Å². The van der Waals surface area contributed by atoms with Gasteiger partial charge in [-0.2, -0.15) is 0 Å². The number of nitrogens with one attached hydrogen (secondary N) is 1. The lowest BCUT2D eigenvalue weighted by Gasteiger charge is -2.31. The minimum atomic E-state index is -0.271. The van der Waals surface area contributed by atoms with E-state index in [1.54, 1.807) is 7.05 Å².